The average molecular weight is 409 g/mol. The summed E-state index contributed by atoms with van der Waals surface area (Å²) in [6.45, 7) is 5.92. The van der Waals surface area contributed by atoms with Crippen molar-refractivity contribution < 1.29 is 23.5 Å². The SMILES string of the molecule is CCCNC(=O)c1cc2ccc(OC(=O)COc3c(C)cccc3C)cc2oc1=O. The van der Waals surface area contributed by atoms with Crippen LogP contribution in [0.2, 0.25) is 0 Å². The van der Waals surface area contributed by atoms with Crippen molar-refractivity contribution in [2.75, 3.05) is 13.2 Å². The molecular weight excluding hydrogens is 386 g/mol. The Morgan fingerprint density at radius 2 is 1.80 bits per heavy atom. The van der Waals surface area contributed by atoms with Gasteiger partial charge in [0.05, 0.1) is 0 Å². The van der Waals surface area contributed by atoms with Crippen LogP contribution in [0.4, 0.5) is 0 Å². The Morgan fingerprint density at radius 3 is 2.50 bits per heavy atom. The van der Waals surface area contributed by atoms with Gasteiger partial charge < -0.3 is 19.2 Å². The van der Waals surface area contributed by atoms with Gasteiger partial charge in [-0.25, -0.2) is 9.59 Å². The monoisotopic (exact) mass is 409 g/mol. The summed E-state index contributed by atoms with van der Waals surface area (Å²) in [5, 5.41) is 3.19. The van der Waals surface area contributed by atoms with Crippen molar-refractivity contribution in [2.45, 2.75) is 27.2 Å². The van der Waals surface area contributed by atoms with Crippen molar-refractivity contribution in [2.24, 2.45) is 0 Å². The molecule has 0 saturated carbocycles. The van der Waals surface area contributed by atoms with Crippen molar-refractivity contribution in [3.63, 3.8) is 0 Å². The number of hydrogen-bond acceptors (Lipinski definition) is 6. The van der Waals surface area contributed by atoms with Gasteiger partial charge in [-0.1, -0.05) is 25.1 Å². The molecule has 0 fully saturated rings. The Morgan fingerprint density at radius 1 is 1.07 bits per heavy atom. The lowest BCUT2D eigenvalue weighted by atomic mass is 10.1. The number of nitrogens with one attached hydrogen (secondary N) is 1. The summed E-state index contributed by atoms with van der Waals surface area (Å²) in [6.07, 6.45) is 0.756. The zero-order chi connectivity index (χ0) is 21.7. The molecule has 0 aliphatic heterocycles. The third-order valence-electron chi connectivity index (χ3n) is 4.46. The van der Waals surface area contributed by atoms with Gasteiger partial charge in [0.15, 0.2) is 6.61 Å². The van der Waals surface area contributed by atoms with Crippen molar-refractivity contribution in [1.29, 1.82) is 0 Å². The van der Waals surface area contributed by atoms with Gasteiger partial charge in [-0.05, 0) is 49.6 Å². The van der Waals surface area contributed by atoms with Gasteiger partial charge >= 0.3 is 11.6 Å². The molecule has 7 heteroatoms. The zero-order valence-electron chi connectivity index (χ0n) is 17.1. The lowest BCUT2D eigenvalue weighted by Gasteiger charge is -2.11. The van der Waals surface area contributed by atoms with E-state index >= 15 is 0 Å². The Balaban J connectivity index is 1.71. The Kier molecular flexibility index (Phi) is 6.51. The van der Waals surface area contributed by atoms with E-state index in [4.69, 9.17) is 13.9 Å². The van der Waals surface area contributed by atoms with Crippen LogP contribution in [0.5, 0.6) is 11.5 Å². The number of fused-ring (bicyclic) bond motifs is 1. The molecular formula is C23H23NO6. The lowest BCUT2D eigenvalue weighted by Crippen LogP contribution is -2.28. The van der Waals surface area contributed by atoms with Crippen LogP contribution in [0.1, 0.15) is 34.8 Å². The van der Waals surface area contributed by atoms with Gasteiger partial charge in [0, 0.05) is 18.0 Å². The largest absolute Gasteiger partial charge is 0.481 e. The van der Waals surface area contributed by atoms with Gasteiger partial charge in [-0.3, -0.25) is 4.79 Å². The molecule has 7 nitrogen and oxygen atoms in total. The minimum absolute atomic E-state index is 0.0669. The summed E-state index contributed by atoms with van der Waals surface area (Å²) >= 11 is 0. The average Bonchev–Trinajstić information content (AvgIpc) is 2.71. The van der Waals surface area contributed by atoms with Crippen LogP contribution in [0, 0.1) is 13.8 Å². The second-order valence-corrected chi connectivity index (χ2v) is 6.89. The minimum Gasteiger partial charge on any atom is -0.481 e. The first kappa shape index (κ1) is 21.1. The fourth-order valence-corrected chi connectivity index (χ4v) is 2.97. The Bertz CT molecular complexity index is 1130. The lowest BCUT2D eigenvalue weighted by molar-refractivity contribution is -0.136. The highest BCUT2D eigenvalue weighted by Gasteiger charge is 2.15. The number of benzene rings is 2. The maximum atomic E-state index is 12.2. The molecule has 0 aliphatic rings. The van der Waals surface area contributed by atoms with E-state index in [0.717, 1.165) is 17.5 Å². The molecule has 156 valence electrons. The maximum absolute atomic E-state index is 12.2. The molecule has 1 aromatic heterocycles. The van der Waals surface area contributed by atoms with Crippen molar-refractivity contribution >= 4 is 22.8 Å². The first-order chi connectivity index (χ1) is 14.4. The number of carbonyl (C=O) groups excluding carboxylic acids is 2. The number of amides is 1. The molecule has 30 heavy (non-hydrogen) atoms. The topological polar surface area (TPSA) is 94.8 Å². The summed E-state index contributed by atoms with van der Waals surface area (Å²) in [5.74, 6) is -0.210. The van der Waals surface area contributed by atoms with Crippen LogP contribution in [-0.2, 0) is 4.79 Å². The number of hydrogen-bond donors (Lipinski definition) is 1. The second kappa shape index (κ2) is 9.26. The van der Waals surface area contributed by atoms with E-state index in [1.807, 2.05) is 39.0 Å². The van der Waals surface area contributed by atoms with E-state index in [9.17, 15) is 14.4 Å². The van der Waals surface area contributed by atoms with Crippen LogP contribution < -0.4 is 20.4 Å². The molecule has 2 aromatic carbocycles. The van der Waals surface area contributed by atoms with Gasteiger partial charge in [-0.2, -0.15) is 0 Å². The number of para-hydroxylation sites is 1. The van der Waals surface area contributed by atoms with Crippen LogP contribution in [-0.4, -0.2) is 25.0 Å². The zero-order valence-corrected chi connectivity index (χ0v) is 17.1. The summed E-state index contributed by atoms with van der Waals surface area (Å²) in [5.41, 5.74) is 1.25. The Hall–Kier alpha value is -3.61. The molecule has 1 heterocycles. The molecule has 0 saturated heterocycles. The van der Waals surface area contributed by atoms with E-state index in [2.05, 4.69) is 5.32 Å². The quantitative estimate of drug-likeness (QED) is 0.364. The highest BCUT2D eigenvalue weighted by atomic mass is 16.6. The van der Waals surface area contributed by atoms with E-state index in [0.29, 0.717) is 17.7 Å². The smallest absolute Gasteiger partial charge is 0.349 e. The van der Waals surface area contributed by atoms with E-state index in [1.54, 1.807) is 12.1 Å². The van der Waals surface area contributed by atoms with Gasteiger partial charge in [0.25, 0.3) is 5.91 Å². The van der Waals surface area contributed by atoms with Crippen molar-refractivity contribution in [3.8, 4) is 11.5 Å². The van der Waals surface area contributed by atoms with Crippen LogP contribution in [0.15, 0.2) is 51.7 Å². The number of aryl methyl sites for hydroxylation is 2. The predicted octanol–water partition coefficient (Wildman–Crippen LogP) is 3.53. The third kappa shape index (κ3) is 4.86. The predicted molar refractivity (Wildman–Crippen MR) is 112 cm³/mol. The standard InChI is InChI=1S/C23H23NO6/c1-4-10-24-22(26)18-11-16-8-9-17(12-19(16)30-23(18)27)29-20(25)13-28-21-14(2)6-5-7-15(21)3/h5-9,11-12H,4,10,13H2,1-3H3,(H,24,26). The molecule has 0 aliphatic carbocycles. The van der Waals surface area contributed by atoms with Crippen LogP contribution in [0.3, 0.4) is 0 Å². The minimum atomic E-state index is -0.752. The summed E-state index contributed by atoms with van der Waals surface area (Å²) < 4.78 is 16.1. The van der Waals surface area contributed by atoms with Crippen LogP contribution >= 0.6 is 0 Å². The normalized spacial score (nSPS) is 10.6. The highest BCUT2D eigenvalue weighted by molar-refractivity contribution is 5.96. The van der Waals surface area contributed by atoms with Gasteiger partial charge in [-0.15, -0.1) is 0 Å². The molecule has 0 bridgehead atoms. The van der Waals surface area contributed by atoms with Gasteiger partial charge in [0.2, 0.25) is 0 Å². The highest BCUT2D eigenvalue weighted by Crippen LogP contribution is 2.23. The fourth-order valence-electron chi connectivity index (χ4n) is 2.97. The molecule has 0 atom stereocenters. The third-order valence-corrected chi connectivity index (χ3v) is 4.46. The second-order valence-electron chi connectivity index (χ2n) is 6.89. The first-order valence-corrected chi connectivity index (χ1v) is 9.65. The van der Waals surface area contributed by atoms with Crippen LogP contribution in [0.25, 0.3) is 11.0 Å². The molecule has 0 unspecified atom stereocenters. The number of carbonyl (C=O) groups is 2. The molecule has 3 aromatic rings. The van der Waals surface area contributed by atoms with E-state index < -0.39 is 17.5 Å². The van der Waals surface area contributed by atoms with Gasteiger partial charge in [0.1, 0.15) is 22.6 Å². The van der Waals surface area contributed by atoms with E-state index in [-0.39, 0.29) is 23.5 Å². The number of rotatable bonds is 7. The van der Waals surface area contributed by atoms with Crippen molar-refractivity contribution in [3.05, 3.63) is 69.6 Å². The fraction of sp³-hybridized carbons (Fsp3) is 0.261. The summed E-state index contributed by atoms with van der Waals surface area (Å²) in [7, 11) is 0. The maximum Gasteiger partial charge on any atom is 0.349 e. The first-order valence-electron chi connectivity index (χ1n) is 9.65. The summed E-state index contributed by atoms with van der Waals surface area (Å²) in [6, 6.07) is 11.8. The number of esters is 1. The molecule has 0 spiro atoms. The van der Waals surface area contributed by atoms with Crippen molar-refractivity contribution in [1.82, 2.24) is 5.32 Å². The molecule has 1 amide bonds. The molecule has 0 radical (unpaired) electrons. The Labute approximate surface area is 173 Å². The van der Waals surface area contributed by atoms with E-state index in [1.165, 1.54) is 12.1 Å². The molecule has 3 rings (SSSR count). The molecule has 1 N–H and O–H groups in total. The summed E-state index contributed by atoms with van der Waals surface area (Å²) in [4.78, 5) is 36.4. The number of ether oxygens (including phenoxy) is 2.